The van der Waals surface area contributed by atoms with E-state index in [1.54, 1.807) is 0 Å². The topological polar surface area (TPSA) is 0 Å². The molecular weight excluding hydrogens is 1170 g/mol. The minimum absolute atomic E-state index is 0.502. The molecule has 0 atom stereocenters. The SMILES string of the molecule is CC(C)C(C)C(C)C.CC(C)C(CCC(C)(C)C)C(C)C.CC(C)C(CC[Si](C)(C)C)C(C)C.CC(C)CCC(C(C)C)C(C)C.CC(C)CCC(C)C.CCC(C(C)C)C(C)C.CCCC(C(C)C)C(C)C.CCCCC(C(C)C)C(C)C.CCCCCC(C(C)C)C(C)C. The first kappa shape index (κ1) is 115. The standard InChI is InChI=1S/C13H28.C12H28Si.2C12H26.C11H24.C10H22.C9H20.2C8H18/c2*1-10(2)12(11(3)4)8-9-13(5,6)7;1-9(2)7-8-12(10(3)4)11(5)6;1-6-7-8-9-12(10(2)3)11(4)5;1-6-7-8-11(9(2)3)10(4)5;1-6-7-10(8(2)3)9(4)5;1-6-9(7(2)3)8(4)5;1-7(2)5-6-8(3)4;1-6(2)8(5)7(3)4/h2*10-12H,8-9H2,1-7H3;9-12H,7-8H2,1-6H3;10-12H,6-9H2,1-5H3;9-11H,6-8H2,1-5H3;8-10H,6-7H2,1-5H3;7-9H,6H2,1-5H3;7-8H,5-6H2,1-4H3;6-8H,1-5H3. The second kappa shape index (κ2) is 68.3. The molecule has 0 radical (unpaired) electrons. The van der Waals surface area contributed by atoms with E-state index in [4.69, 9.17) is 0 Å². The maximum Gasteiger partial charge on any atom is 0.0442 e. The molecule has 0 heterocycles. The summed E-state index contributed by atoms with van der Waals surface area (Å²) in [5.41, 5.74) is 0.502. The lowest BCUT2D eigenvalue weighted by molar-refractivity contribution is 0.226. The Labute approximate surface area is 622 Å². The summed E-state index contributed by atoms with van der Waals surface area (Å²) in [6, 6.07) is 1.49. The minimum Gasteiger partial charge on any atom is -0.0695 e. The van der Waals surface area contributed by atoms with Crippen LogP contribution in [0.25, 0.3) is 0 Å². The van der Waals surface area contributed by atoms with Crippen LogP contribution in [0.4, 0.5) is 0 Å². The third-order valence-electron chi connectivity index (χ3n) is 22.1. The molecule has 0 aromatic rings. The van der Waals surface area contributed by atoms with Gasteiger partial charge in [0.25, 0.3) is 0 Å². The molecule has 0 rings (SSSR count). The summed E-state index contributed by atoms with van der Waals surface area (Å²) in [5.74, 6) is 23.7. The molecule has 96 heavy (non-hydrogen) atoms. The molecule has 0 aliphatic rings. The van der Waals surface area contributed by atoms with Crippen LogP contribution >= 0.6 is 0 Å². The van der Waals surface area contributed by atoms with E-state index in [9.17, 15) is 0 Å². The molecule has 0 unspecified atom stereocenters. The summed E-state index contributed by atoms with van der Waals surface area (Å²) in [5, 5.41) is 0. The summed E-state index contributed by atoms with van der Waals surface area (Å²) in [6.45, 7) is 114. The summed E-state index contributed by atoms with van der Waals surface area (Å²) >= 11 is 0. The molecule has 0 bridgehead atoms. The first-order chi connectivity index (χ1) is 43.5. The minimum atomic E-state index is -0.812. The van der Waals surface area contributed by atoms with Crippen molar-refractivity contribution < 1.29 is 0 Å². The average molecular weight is 1380 g/mol. The van der Waals surface area contributed by atoms with Crippen molar-refractivity contribution in [1.82, 2.24) is 0 Å². The second-order valence-corrected chi connectivity index (χ2v) is 46.4. The van der Waals surface area contributed by atoms with Crippen LogP contribution in [-0.2, 0) is 0 Å². The van der Waals surface area contributed by atoms with Crippen molar-refractivity contribution in [2.75, 3.05) is 0 Å². The largest absolute Gasteiger partial charge is 0.0695 e. The van der Waals surface area contributed by atoms with Crippen molar-refractivity contribution >= 4 is 8.07 Å². The van der Waals surface area contributed by atoms with Gasteiger partial charge in [-0.15, -0.1) is 0 Å². The van der Waals surface area contributed by atoms with Crippen LogP contribution in [0.3, 0.4) is 0 Å². The van der Waals surface area contributed by atoms with Gasteiger partial charge in [0.2, 0.25) is 0 Å². The van der Waals surface area contributed by atoms with Crippen LogP contribution in [-0.4, -0.2) is 8.07 Å². The fourth-order valence-corrected chi connectivity index (χ4v) is 16.1. The summed E-state index contributed by atoms with van der Waals surface area (Å²) < 4.78 is 0. The molecule has 1 heteroatoms. The van der Waals surface area contributed by atoms with Gasteiger partial charge in [-0.3, -0.25) is 0 Å². The Bertz CT molecular complexity index is 1350. The Morgan fingerprint density at radius 1 is 0.219 bits per heavy atom. The van der Waals surface area contributed by atoms with Gasteiger partial charge in [-0.1, -0.05) is 421 Å². The fraction of sp³-hybridized carbons (Fsp3) is 1.00. The van der Waals surface area contributed by atoms with Crippen LogP contribution in [0.1, 0.15) is 428 Å². The highest BCUT2D eigenvalue weighted by Crippen LogP contribution is 2.33. The highest BCUT2D eigenvalue weighted by molar-refractivity contribution is 6.76. The maximum atomic E-state index is 2.48. The summed E-state index contributed by atoms with van der Waals surface area (Å²) in [7, 11) is -0.812. The normalized spacial score (nSPS) is 12.4. The molecule has 0 fully saturated rings. The fourth-order valence-electron chi connectivity index (χ4n) is 14.9. The van der Waals surface area contributed by atoms with E-state index >= 15 is 0 Å². The number of unbranched alkanes of at least 4 members (excludes halogenated alkanes) is 3. The van der Waals surface area contributed by atoms with Crippen molar-refractivity contribution in [2.45, 2.75) is 453 Å². The molecule has 0 aliphatic carbocycles. The Morgan fingerprint density at radius 2 is 0.448 bits per heavy atom. The van der Waals surface area contributed by atoms with Crippen LogP contribution < -0.4 is 0 Å². The zero-order valence-corrected chi connectivity index (χ0v) is 79.3. The summed E-state index contributed by atoms with van der Waals surface area (Å²) in [4.78, 5) is 0. The van der Waals surface area contributed by atoms with Crippen molar-refractivity contribution in [3.63, 3.8) is 0 Å². The number of rotatable bonds is 37. The molecule has 0 amide bonds. The van der Waals surface area contributed by atoms with E-state index in [2.05, 4.69) is 338 Å². The third-order valence-corrected chi connectivity index (χ3v) is 23.9. The second-order valence-electron chi connectivity index (χ2n) is 40.8. The van der Waals surface area contributed by atoms with Crippen LogP contribution in [0.5, 0.6) is 0 Å². The van der Waals surface area contributed by atoms with Gasteiger partial charge in [0.05, 0.1) is 0 Å². The van der Waals surface area contributed by atoms with Crippen molar-refractivity contribution in [3.8, 4) is 0 Å². The first-order valence-corrected chi connectivity index (χ1v) is 47.2. The molecule has 0 saturated carbocycles. The van der Waals surface area contributed by atoms with Gasteiger partial charge in [-0.2, -0.15) is 0 Å². The molecule has 0 N–H and O–H groups in total. The lowest BCUT2D eigenvalue weighted by Gasteiger charge is -2.28. The van der Waals surface area contributed by atoms with Gasteiger partial charge in [-0.05, 0) is 197 Å². The van der Waals surface area contributed by atoms with E-state index in [1.807, 2.05) is 0 Å². The predicted octanol–water partition coefficient (Wildman–Crippen LogP) is 35.4. The van der Waals surface area contributed by atoms with E-state index in [0.717, 1.165) is 160 Å². The lowest BCUT2D eigenvalue weighted by Crippen LogP contribution is -2.24. The smallest absolute Gasteiger partial charge is 0.0442 e. The summed E-state index contributed by atoms with van der Waals surface area (Å²) in [6.07, 6.45) is 23.6. The number of hydrogen-bond acceptors (Lipinski definition) is 0. The average Bonchev–Trinajstić information content (AvgIpc) is 3.56. The maximum absolute atomic E-state index is 2.48. The van der Waals surface area contributed by atoms with Gasteiger partial charge in [-0.25, -0.2) is 0 Å². The van der Waals surface area contributed by atoms with Gasteiger partial charge in [0, 0.05) is 8.07 Å². The molecule has 0 aliphatic heterocycles. The Morgan fingerprint density at radius 3 is 0.625 bits per heavy atom. The van der Waals surface area contributed by atoms with Crippen molar-refractivity contribution in [1.29, 1.82) is 0 Å². The molecule has 594 valence electrons. The highest BCUT2D eigenvalue weighted by atomic mass is 28.3. The molecule has 0 aromatic carbocycles. The molecule has 0 saturated heterocycles. The van der Waals surface area contributed by atoms with Gasteiger partial charge < -0.3 is 0 Å². The Hall–Kier alpha value is 0.217. The van der Waals surface area contributed by atoms with Crippen molar-refractivity contribution in [3.05, 3.63) is 0 Å². The third kappa shape index (κ3) is 81.5. The van der Waals surface area contributed by atoms with E-state index in [1.165, 1.54) is 115 Å². The van der Waals surface area contributed by atoms with Crippen LogP contribution in [0, 0.1) is 165 Å². The quantitative estimate of drug-likeness (QED) is 0.0430. The molecule has 0 aromatic heterocycles. The van der Waals surface area contributed by atoms with E-state index in [-0.39, 0.29) is 0 Å². The van der Waals surface area contributed by atoms with E-state index < -0.39 is 8.07 Å². The monoisotopic (exact) mass is 1380 g/mol. The van der Waals surface area contributed by atoms with Crippen LogP contribution in [0.2, 0.25) is 25.7 Å². The van der Waals surface area contributed by atoms with Gasteiger partial charge >= 0.3 is 0 Å². The zero-order chi connectivity index (χ0) is 78.3. The van der Waals surface area contributed by atoms with Gasteiger partial charge in [0.1, 0.15) is 0 Å². The van der Waals surface area contributed by atoms with Crippen molar-refractivity contribution in [2.24, 2.45) is 165 Å². The number of hydrogen-bond donors (Lipinski definition) is 0. The van der Waals surface area contributed by atoms with Gasteiger partial charge in [0.15, 0.2) is 0 Å². The Kier molecular flexibility index (Phi) is 81.6. The first-order valence-electron chi connectivity index (χ1n) is 43.5. The van der Waals surface area contributed by atoms with E-state index in [0.29, 0.717) is 5.41 Å². The predicted molar refractivity (Wildman–Crippen MR) is 464 cm³/mol. The molecular formula is C95H210Si. The zero-order valence-electron chi connectivity index (χ0n) is 78.3. The lowest BCUT2D eigenvalue weighted by atomic mass is 9.78. The highest BCUT2D eigenvalue weighted by Gasteiger charge is 2.24. The molecule has 0 spiro atoms. The Balaban J connectivity index is -0.000000127. The van der Waals surface area contributed by atoms with Crippen LogP contribution in [0.15, 0.2) is 0 Å². The molecule has 0 nitrogen and oxygen atoms in total.